The Kier molecular flexibility index (Phi) is 7.86. The maximum Gasteiger partial charge on any atom is 0.308 e. The van der Waals surface area contributed by atoms with E-state index in [-0.39, 0.29) is 26.3 Å². The minimum absolute atomic E-state index is 0.00298. The summed E-state index contributed by atoms with van der Waals surface area (Å²) in [6.07, 6.45) is 4.05. The van der Waals surface area contributed by atoms with Gasteiger partial charge >= 0.3 is 5.97 Å². The zero-order valence-corrected chi connectivity index (χ0v) is 19.3. The highest BCUT2D eigenvalue weighted by atomic mass is 35.5. The van der Waals surface area contributed by atoms with E-state index >= 15 is 0 Å². The number of nitrogens with zero attached hydrogens (tertiary/aromatic N) is 2. The molecule has 0 aliphatic heterocycles. The predicted molar refractivity (Wildman–Crippen MR) is 125 cm³/mol. The van der Waals surface area contributed by atoms with Crippen LogP contribution in [0, 0.1) is 5.92 Å². The molecule has 0 bridgehead atoms. The number of halogens is 3. The molecule has 0 spiro atoms. The van der Waals surface area contributed by atoms with E-state index in [2.05, 4.69) is 20.6 Å². The van der Waals surface area contributed by atoms with Crippen molar-refractivity contribution in [3.63, 3.8) is 0 Å². The monoisotopic (exact) mass is 506 g/mol. The predicted octanol–water partition coefficient (Wildman–Crippen LogP) is 4.88. The number of pyridine rings is 2. The van der Waals surface area contributed by atoms with Crippen LogP contribution < -0.4 is 10.6 Å². The molecule has 2 heterocycles. The summed E-state index contributed by atoms with van der Waals surface area (Å²) >= 11 is 18.0. The number of nitrogens with one attached hydrogen (secondary N) is 2. The molecule has 0 aliphatic carbocycles. The summed E-state index contributed by atoms with van der Waals surface area (Å²) in [5.74, 6) is -3.16. The third-order valence-electron chi connectivity index (χ3n) is 4.79. The van der Waals surface area contributed by atoms with Crippen molar-refractivity contribution in [1.82, 2.24) is 15.3 Å². The van der Waals surface area contributed by atoms with E-state index in [1.54, 1.807) is 30.3 Å². The zero-order chi connectivity index (χ0) is 24.1. The first kappa shape index (κ1) is 24.4. The summed E-state index contributed by atoms with van der Waals surface area (Å²) in [6, 6.07) is 8.50. The van der Waals surface area contributed by atoms with Crippen molar-refractivity contribution in [3.05, 3.63) is 86.9 Å². The van der Waals surface area contributed by atoms with Gasteiger partial charge in [-0.25, -0.2) is 4.98 Å². The first-order valence-corrected chi connectivity index (χ1v) is 10.7. The summed E-state index contributed by atoms with van der Waals surface area (Å²) < 4.78 is 0. The van der Waals surface area contributed by atoms with Gasteiger partial charge in [0.2, 0.25) is 0 Å². The number of aromatic nitrogens is 2. The maximum absolute atomic E-state index is 12.7. The van der Waals surface area contributed by atoms with E-state index in [1.165, 1.54) is 31.6 Å². The number of carbonyl (C=O) groups excluding carboxylic acids is 2. The lowest BCUT2D eigenvalue weighted by molar-refractivity contribution is -0.142. The van der Waals surface area contributed by atoms with Crippen LogP contribution in [0.5, 0.6) is 0 Å². The number of carbonyl (C=O) groups is 3. The van der Waals surface area contributed by atoms with Crippen molar-refractivity contribution >= 4 is 58.3 Å². The molecule has 0 saturated heterocycles. The first-order chi connectivity index (χ1) is 15.7. The van der Waals surface area contributed by atoms with Crippen LogP contribution in [-0.4, -0.2) is 32.9 Å². The average Bonchev–Trinajstić information content (AvgIpc) is 2.77. The summed E-state index contributed by atoms with van der Waals surface area (Å²) in [5.41, 5.74) is 1.12. The van der Waals surface area contributed by atoms with Crippen molar-refractivity contribution in [2.45, 2.75) is 13.0 Å². The topological polar surface area (TPSA) is 121 Å². The molecule has 0 radical (unpaired) electrons. The summed E-state index contributed by atoms with van der Waals surface area (Å²) in [4.78, 5) is 44.6. The van der Waals surface area contributed by atoms with E-state index in [0.29, 0.717) is 11.3 Å². The van der Waals surface area contributed by atoms with E-state index < -0.39 is 29.7 Å². The number of anilines is 1. The van der Waals surface area contributed by atoms with Crippen LogP contribution in [0.1, 0.15) is 39.2 Å². The smallest absolute Gasteiger partial charge is 0.308 e. The minimum atomic E-state index is -1.10. The van der Waals surface area contributed by atoms with Crippen LogP contribution in [-0.2, 0) is 4.79 Å². The lowest BCUT2D eigenvalue weighted by Crippen LogP contribution is -2.35. The molecular formula is C22H17Cl3N4O4. The van der Waals surface area contributed by atoms with Crippen LogP contribution in [0.25, 0.3) is 0 Å². The Labute approximate surface area is 203 Å². The molecule has 3 aromatic rings. The van der Waals surface area contributed by atoms with Gasteiger partial charge in [-0.1, -0.05) is 46.9 Å². The van der Waals surface area contributed by atoms with Gasteiger partial charge in [-0.05, 0) is 36.8 Å². The van der Waals surface area contributed by atoms with Gasteiger partial charge in [0.1, 0.15) is 5.15 Å². The molecule has 11 heteroatoms. The highest BCUT2D eigenvalue weighted by Gasteiger charge is 2.28. The minimum Gasteiger partial charge on any atom is -0.481 e. The molecule has 0 saturated carbocycles. The molecule has 0 aliphatic rings. The molecule has 33 heavy (non-hydrogen) atoms. The van der Waals surface area contributed by atoms with E-state index in [4.69, 9.17) is 34.8 Å². The van der Waals surface area contributed by atoms with Crippen LogP contribution >= 0.6 is 34.8 Å². The molecule has 2 atom stereocenters. The fourth-order valence-electron chi connectivity index (χ4n) is 3.01. The first-order valence-electron chi connectivity index (χ1n) is 9.53. The van der Waals surface area contributed by atoms with Gasteiger partial charge in [-0.3, -0.25) is 19.4 Å². The number of aliphatic carboxylic acids is 1. The van der Waals surface area contributed by atoms with Crippen molar-refractivity contribution in [3.8, 4) is 0 Å². The molecule has 3 N–H and O–H groups in total. The molecule has 8 nitrogen and oxygen atoms in total. The van der Waals surface area contributed by atoms with Gasteiger partial charge in [0.05, 0.1) is 33.1 Å². The van der Waals surface area contributed by atoms with Crippen molar-refractivity contribution in [1.29, 1.82) is 0 Å². The summed E-state index contributed by atoms with van der Waals surface area (Å²) in [6.45, 7) is 1.47. The highest BCUT2D eigenvalue weighted by molar-refractivity contribution is 6.40. The van der Waals surface area contributed by atoms with Gasteiger partial charge in [-0.2, -0.15) is 0 Å². The number of carboxylic acids is 1. The molecule has 3 rings (SSSR count). The Morgan fingerprint density at radius 1 is 0.970 bits per heavy atom. The number of rotatable bonds is 7. The van der Waals surface area contributed by atoms with Crippen molar-refractivity contribution in [2.75, 3.05) is 5.32 Å². The summed E-state index contributed by atoms with van der Waals surface area (Å²) in [5, 5.41) is 15.1. The van der Waals surface area contributed by atoms with Gasteiger partial charge in [0.15, 0.2) is 0 Å². The molecule has 1 aromatic carbocycles. The number of benzene rings is 1. The van der Waals surface area contributed by atoms with Crippen molar-refractivity contribution < 1.29 is 19.5 Å². The largest absolute Gasteiger partial charge is 0.481 e. The fourth-order valence-corrected chi connectivity index (χ4v) is 3.75. The molecule has 2 unspecified atom stereocenters. The quantitative estimate of drug-likeness (QED) is 0.392. The zero-order valence-electron chi connectivity index (χ0n) is 17.1. The molecule has 2 aromatic heterocycles. The number of amides is 2. The van der Waals surface area contributed by atoms with Gasteiger partial charge in [0, 0.05) is 24.3 Å². The third kappa shape index (κ3) is 5.78. The summed E-state index contributed by atoms with van der Waals surface area (Å²) in [7, 11) is 0. The number of carboxylic acid groups (broad SMARTS) is 1. The Balaban J connectivity index is 1.82. The van der Waals surface area contributed by atoms with E-state index in [1.807, 2.05) is 0 Å². The van der Waals surface area contributed by atoms with Crippen LogP contribution in [0.4, 0.5) is 5.69 Å². The molecule has 0 fully saturated rings. The van der Waals surface area contributed by atoms with Gasteiger partial charge in [-0.15, -0.1) is 0 Å². The Hall–Kier alpha value is -3.20. The molecular weight excluding hydrogens is 491 g/mol. The fraction of sp³-hybridized carbons (Fsp3) is 0.136. The second-order valence-corrected chi connectivity index (χ2v) is 8.15. The van der Waals surface area contributed by atoms with Crippen LogP contribution in [0.15, 0.2) is 55.0 Å². The van der Waals surface area contributed by atoms with Gasteiger partial charge in [0.25, 0.3) is 11.8 Å². The molecule has 2 amide bonds. The second-order valence-electron chi connectivity index (χ2n) is 6.97. The van der Waals surface area contributed by atoms with Gasteiger partial charge < -0.3 is 15.7 Å². The molecule has 170 valence electrons. The Bertz CT molecular complexity index is 1180. The maximum atomic E-state index is 12.7. The normalized spacial score (nSPS) is 12.5. The SMILES string of the molecule is CC(C(=O)O)C(NC(=O)c1cccnc1Cl)c1ccc(NC(=O)c2c(Cl)cncc2Cl)cc1. The third-order valence-corrected chi connectivity index (χ3v) is 5.66. The second kappa shape index (κ2) is 10.6. The van der Waals surface area contributed by atoms with Crippen LogP contribution in [0.3, 0.4) is 0 Å². The van der Waals surface area contributed by atoms with Crippen LogP contribution in [0.2, 0.25) is 15.2 Å². The van der Waals surface area contributed by atoms with E-state index in [9.17, 15) is 19.5 Å². The van der Waals surface area contributed by atoms with Crippen molar-refractivity contribution in [2.24, 2.45) is 5.92 Å². The standard InChI is InChI=1S/C22H17Cl3N4O4/c1-11(22(32)33)18(29-20(30)14-3-2-8-27-19(14)25)12-4-6-13(7-5-12)28-21(31)17-15(23)9-26-10-16(17)24/h2-11,18H,1H3,(H,28,31)(H,29,30)(H,32,33). The lowest BCUT2D eigenvalue weighted by atomic mass is 9.94. The Morgan fingerprint density at radius 3 is 2.18 bits per heavy atom. The average molecular weight is 508 g/mol. The lowest BCUT2D eigenvalue weighted by Gasteiger charge is -2.23. The Morgan fingerprint density at radius 2 is 1.61 bits per heavy atom. The highest BCUT2D eigenvalue weighted by Crippen LogP contribution is 2.27. The number of hydrogen-bond donors (Lipinski definition) is 3. The van der Waals surface area contributed by atoms with E-state index in [0.717, 1.165) is 0 Å². The number of hydrogen-bond acceptors (Lipinski definition) is 5.